The van der Waals surface area contributed by atoms with E-state index in [1.54, 1.807) is 4.90 Å². The zero-order chi connectivity index (χ0) is 20.7. The number of para-hydroxylation sites is 2. The first-order valence-corrected chi connectivity index (χ1v) is 10.4. The second kappa shape index (κ2) is 7.61. The van der Waals surface area contributed by atoms with Crippen molar-refractivity contribution in [2.24, 2.45) is 0 Å². The third-order valence-corrected chi connectivity index (χ3v) is 5.65. The summed E-state index contributed by atoms with van der Waals surface area (Å²) in [7, 11) is 0. The third kappa shape index (κ3) is 3.59. The molecule has 1 saturated carbocycles. The van der Waals surface area contributed by atoms with Crippen molar-refractivity contribution in [3.05, 3.63) is 70.4 Å². The number of anilines is 1. The van der Waals surface area contributed by atoms with Crippen LogP contribution in [0, 0.1) is 6.92 Å². The number of hydrogen-bond acceptors (Lipinski definition) is 5. The van der Waals surface area contributed by atoms with Crippen LogP contribution in [0.15, 0.2) is 48.5 Å². The van der Waals surface area contributed by atoms with Crippen LogP contribution in [0.1, 0.15) is 35.4 Å². The number of halogens is 1. The highest BCUT2D eigenvalue weighted by Gasteiger charge is 2.30. The molecule has 1 amide bonds. The smallest absolute Gasteiger partial charge is 0.419 e. The Morgan fingerprint density at radius 3 is 2.80 bits per heavy atom. The van der Waals surface area contributed by atoms with E-state index in [9.17, 15) is 4.79 Å². The first-order chi connectivity index (χ1) is 14.6. The molecule has 2 heterocycles. The fraction of sp³-hybridized carbons (Fsp3) is 0.261. The van der Waals surface area contributed by atoms with E-state index in [2.05, 4.69) is 16.3 Å². The Hall–Kier alpha value is -3.12. The zero-order valence-corrected chi connectivity index (χ0v) is 17.2. The van der Waals surface area contributed by atoms with Crippen molar-refractivity contribution in [1.82, 2.24) is 10.2 Å². The maximum absolute atomic E-state index is 12.9. The molecule has 1 aliphatic carbocycles. The summed E-state index contributed by atoms with van der Waals surface area (Å²) in [6, 6.07) is 15.3. The SMILES string of the molecule is Cc1cccc(C2CC2)c1Oc1nnc(Cl)cc1OC(=O)N1CCc2ccccc21. The topological polar surface area (TPSA) is 64.6 Å². The molecule has 1 aromatic heterocycles. The molecule has 152 valence electrons. The molecule has 0 unspecified atom stereocenters. The molecule has 0 saturated heterocycles. The summed E-state index contributed by atoms with van der Waals surface area (Å²) < 4.78 is 11.8. The van der Waals surface area contributed by atoms with Crippen molar-refractivity contribution in [2.45, 2.75) is 32.1 Å². The molecule has 1 aliphatic heterocycles. The quantitative estimate of drug-likeness (QED) is 0.543. The molecule has 30 heavy (non-hydrogen) atoms. The van der Waals surface area contributed by atoms with E-state index in [-0.39, 0.29) is 16.8 Å². The van der Waals surface area contributed by atoms with Gasteiger partial charge >= 0.3 is 6.09 Å². The molecule has 2 aromatic carbocycles. The number of rotatable bonds is 4. The highest BCUT2D eigenvalue weighted by Crippen LogP contribution is 2.47. The van der Waals surface area contributed by atoms with Gasteiger partial charge in [0, 0.05) is 12.6 Å². The minimum absolute atomic E-state index is 0.122. The molecule has 0 spiro atoms. The Morgan fingerprint density at radius 1 is 1.13 bits per heavy atom. The number of carbonyl (C=O) groups is 1. The molecule has 6 nitrogen and oxygen atoms in total. The zero-order valence-electron chi connectivity index (χ0n) is 16.5. The molecule has 0 radical (unpaired) electrons. The van der Waals surface area contributed by atoms with E-state index >= 15 is 0 Å². The van der Waals surface area contributed by atoms with E-state index in [1.807, 2.05) is 43.3 Å². The van der Waals surface area contributed by atoms with Gasteiger partial charge in [-0.15, -0.1) is 10.2 Å². The summed E-state index contributed by atoms with van der Waals surface area (Å²) in [5, 5.41) is 8.07. The van der Waals surface area contributed by atoms with Crippen molar-refractivity contribution in [3.8, 4) is 17.4 Å². The Kier molecular flexibility index (Phi) is 4.79. The van der Waals surface area contributed by atoms with Gasteiger partial charge in [0.1, 0.15) is 5.75 Å². The lowest BCUT2D eigenvalue weighted by atomic mass is 10.1. The van der Waals surface area contributed by atoms with E-state index in [1.165, 1.54) is 6.07 Å². The predicted molar refractivity (Wildman–Crippen MR) is 114 cm³/mol. The van der Waals surface area contributed by atoms with Gasteiger partial charge in [-0.05, 0) is 54.9 Å². The summed E-state index contributed by atoms with van der Waals surface area (Å²) in [6.07, 6.45) is 2.57. The van der Waals surface area contributed by atoms with Gasteiger partial charge < -0.3 is 9.47 Å². The fourth-order valence-corrected chi connectivity index (χ4v) is 3.93. The van der Waals surface area contributed by atoms with Crippen LogP contribution in [0.5, 0.6) is 17.4 Å². The van der Waals surface area contributed by atoms with Gasteiger partial charge in [0.25, 0.3) is 5.88 Å². The minimum Gasteiger partial charge on any atom is -0.434 e. The van der Waals surface area contributed by atoms with Gasteiger partial charge in [0.15, 0.2) is 10.9 Å². The second-order valence-corrected chi connectivity index (χ2v) is 7.99. The number of amides is 1. The number of aromatic nitrogens is 2. The highest BCUT2D eigenvalue weighted by atomic mass is 35.5. The molecule has 1 fully saturated rings. The van der Waals surface area contributed by atoms with Crippen molar-refractivity contribution >= 4 is 23.4 Å². The maximum Gasteiger partial charge on any atom is 0.419 e. The summed E-state index contributed by atoms with van der Waals surface area (Å²) in [6.45, 7) is 2.54. The van der Waals surface area contributed by atoms with Crippen molar-refractivity contribution in [2.75, 3.05) is 11.4 Å². The van der Waals surface area contributed by atoms with Gasteiger partial charge in [0.2, 0.25) is 0 Å². The number of fused-ring (bicyclic) bond motifs is 1. The van der Waals surface area contributed by atoms with Crippen molar-refractivity contribution in [3.63, 3.8) is 0 Å². The monoisotopic (exact) mass is 421 g/mol. The van der Waals surface area contributed by atoms with E-state index in [4.69, 9.17) is 21.1 Å². The molecule has 3 aromatic rings. The number of benzene rings is 2. The second-order valence-electron chi connectivity index (χ2n) is 7.60. The Bertz CT molecular complexity index is 1130. The van der Waals surface area contributed by atoms with Crippen molar-refractivity contribution < 1.29 is 14.3 Å². The summed E-state index contributed by atoms with van der Waals surface area (Å²) in [5.41, 5.74) is 4.10. The Morgan fingerprint density at radius 2 is 1.97 bits per heavy atom. The molecule has 7 heteroatoms. The van der Waals surface area contributed by atoms with Crippen LogP contribution < -0.4 is 14.4 Å². The third-order valence-electron chi connectivity index (χ3n) is 5.46. The van der Waals surface area contributed by atoms with Crippen LogP contribution in [0.4, 0.5) is 10.5 Å². The first-order valence-electron chi connectivity index (χ1n) is 9.98. The van der Waals surface area contributed by atoms with Gasteiger partial charge in [-0.2, -0.15) is 0 Å². The van der Waals surface area contributed by atoms with Gasteiger partial charge in [-0.3, -0.25) is 4.90 Å². The van der Waals surface area contributed by atoms with Crippen LogP contribution in [-0.4, -0.2) is 22.8 Å². The molecule has 0 bridgehead atoms. The molecule has 0 N–H and O–H groups in total. The number of nitrogens with zero attached hydrogens (tertiary/aromatic N) is 3. The average Bonchev–Trinajstić information content (AvgIpc) is 3.49. The predicted octanol–water partition coefficient (Wildman–Crippen LogP) is 5.67. The van der Waals surface area contributed by atoms with E-state index in [0.717, 1.165) is 47.4 Å². The summed E-state index contributed by atoms with van der Waals surface area (Å²) in [4.78, 5) is 14.5. The molecule has 0 atom stereocenters. The van der Waals surface area contributed by atoms with Crippen LogP contribution in [0.25, 0.3) is 0 Å². The lowest BCUT2D eigenvalue weighted by molar-refractivity contribution is 0.206. The van der Waals surface area contributed by atoms with Gasteiger partial charge in [-0.1, -0.05) is 48.0 Å². The van der Waals surface area contributed by atoms with E-state index < -0.39 is 6.09 Å². The number of ether oxygens (including phenoxy) is 2. The van der Waals surface area contributed by atoms with Crippen LogP contribution in [-0.2, 0) is 6.42 Å². The highest BCUT2D eigenvalue weighted by molar-refractivity contribution is 6.29. The lowest BCUT2D eigenvalue weighted by Crippen LogP contribution is -2.31. The van der Waals surface area contributed by atoms with Gasteiger partial charge in [0.05, 0.1) is 5.69 Å². The fourth-order valence-electron chi connectivity index (χ4n) is 3.79. The minimum atomic E-state index is -0.499. The average molecular weight is 422 g/mol. The number of aryl methyl sites for hydroxylation is 1. The van der Waals surface area contributed by atoms with Crippen LogP contribution in [0.3, 0.4) is 0 Å². The van der Waals surface area contributed by atoms with Crippen molar-refractivity contribution in [1.29, 1.82) is 0 Å². The summed E-state index contributed by atoms with van der Waals surface area (Å²) in [5.74, 6) is 1.50. The van der Waals surface area contributed by atoms with Crippen LogP contribution in [0.2, 0.25) is 5.15 Å². The van der Waals surface area contributed by atoms with E-state index in [0.29, 0.717) is 12.5 Å². The van der Waals surface area contributed by atoms with Gasteiger partial charge in [-0.25, -0.2) is 4.79 Å². The Balaban J connectivity index is 1.44. The lowest BCUT2D eigenvalue weighted by Gasteiger charge is -2.18. The molecular weight excluding hydrogens is 402 g/mol. The molecular formula is C23H20ClN3O3. The largest absolute Gasteiger partial charge is 0.434 e. The summed E-state index contributed by atoms with van der Waals surface area (Å²) >= 11 is 6.03. The molecule has 5 rings (SSSR count). The first kappa shape index (κ1) is 18.9. The normalized spacial score (nSPS) is 15.1. The standard InChI is InChI=1S/C23H20ClN3O3/c1-14-5-4-7-17(15-9-10-15)21(14)30-22-19(13-20(24)25-26-22)29-23(28)27-12-11-16-6-2-3-8-18(16)27/h2-8,13,15H,9-12H2,1H3. The number of carbonyl (C=O) groups excluding carboxylic acids is 1. The number of hydrogen-bond donors (Lipinski definition) is 0. The molecule has 2 aliphatic rings. The maximum atomic E-state index is 12.9. The Labute approximate surface area is 179 Å². The van der Waals surface area contributed by atoms with Crippen LogP contribution >= 0.6 is 11.6 Å².